The lowest BCUT2D eigenvalue weighted by atomic mass is 9.97. The second-order valence-electron chi connectivity index (χ2n) is 9.21. The summed E-state index contributed by atoms with van der Waals surface area (Å²) in [5, 5.41) is 1.99. The zero-order valence-electron chi connectivity index (χ0n) is 19.6. The van der Waals surface area contributed by atoms with Gasteiger partial charge in [-0.05, 0) is 48.0 Å². The molecule has 0 radical (unpaired) electrons. The molecule has 0 N–H and O–H groups in total. The first-order valence-corrected chi connectivity index (χ1v) is 13.2. The molecule has 0 saturated carbocycles. The van der Waals surface area contributed by atoms with Gasteiger partial charge in [0, 0.05) is 27.6 Å². The predicted octanol–water partition coefficient (Wildman–Crippen LogP) is 7.96. The maximum Gasteiger partial charge on any atom is 0.207 e. The highest BCUT2D eigenvalue weighted by molar-refractivity contribution is 7.92. The van der Waals surface area contributed by atoms with Crippen LogP contribution in [0.2, 0.25) is 0 Å². The summed E-state index contributed by atoms with van der Waals surface area (Å²) in [6, 6.07) is 23.6. The Morgan fingerprint density at radius 3 is 1.62 bits per heavy atom. The van der Waals surface area contributed by atoms with Crippen LogP contribution in [0.3, 0.4) is 0 Å². The average Bonchev–Trinajstić information content (AvgIpc) is 3.40. The number of nitrogens with zero attached hydrogens (tertiary/aromatic N) is 1. The van der Waals surface area contributed by atoms with Gasteiger partial charge in [-0.15, -0.1) is 0 Å². The van der Waals surface area contributed by atoms with Crippen molar-refractivity contribution < 1.29 is 30.4 Å². The van der Waals surface area contributed by atoms with Crippen molar-refractivity contribution in [2.75, 3.05) is 0 Å². The Labute approximate surface area is 218 Å². The van der Waals surface area contributed by atoms with Crippen LogP contribution in [0.15, 0.2) is 94.7 Å². The third kappa shape index (κ3) is 3.10. The Kier molecular flexibility index (Phi) is 4.84. The first kappa shape index (κ1) is 23.6. The number of rotatable bonds is 2. The van der Waals surface area contributed by atoms with E-state index in [-0.39, 0.29) is 26.5 Å². The Balaban J connectivity index is 1.50. The highest BCUT2D eigenvalue weighted by atomic mass is 32.2. The van der Waals surface area contributed by atoms with Crippen LogP contribution in [0.4, 0.5) is 22.0 Å². The first-order chi connectivity index (χ1) is 18.7. The summed E-state index contributed by atoms with van der Waals surface area (Å²) >= 11 is 0. The molecule has 0 aliphatic carbocycles. The first-order valence-electron chi connectivity index (χ1n) is 11.7. The summed E-state index contributed by atoms with van der Waals surface area (Å²) in [4.78, 5) is -0.138. The topological polar surface area (TPSA) is 39.1 Å². The number of sulfone groups is 1. The lowest BCUT2D eigenvalue weighted by molar-refractivity contribution is 0.381. The molecule has 1 aliphatic rings. The van der Waals surface area contributed by atoms with Crippen molar-refractivity contribution in [3.63, 3.8) is 0 Å². The molecule has 39 heavy (non-hydrogen) atoms. The van der Waals surface area contributed by atoms with E-state index in [9.17, 15) is 30.4 Å². The van der Waals surface area contributed by atoms with Crippen LogP contribution in [0, 0.1) is 29.1 Å². The van der Waals surface area contributed by atoms with E-state index in [2.05, 4.69) is 0 Å². The molecule has 0 amide bonds. The van der Waals surface area contributed by atoms with Gasteiger partial charge in [0.05, 0.1) is 26.4 Å². The molecule has 0 unspecified atom stereocenters. The normalized spacial score (nSPS) is 13.7. The van der Waals surface area contributed by atoms with Crippen LogP contribution < -0.4 is 0 Å². The van der Waals surface area contributed by atoms with Gasteiger partial charge >= 0.3 is 0 Å². The van der Waals surface area contributed by atoms with Crippen LogP contribution in [0.5, 0.6) is 0 Å². The third-order valence-corrected chi connectivity index (χ3v) is 9.02. The van der Waals surface area contributed by atoms with Crippen molar-refractivity contribution in [1.29, 1.82) is 0 Å². The average molecular weight is 548 g/mol. The van der Waals surface area contributed by atoms with Crippen molar-refractivity contribution >= 4 is 31.6 Å². The standard InChI is InChI=1S/C30H14F5NO2S/c31-26-25(27(32)29(34)30(35)28(26)33)15-9-11-23-19(13-15)20-14-16(10-12-24(20)39(23,37)38)36-21-7-3-1-5-17(21)18-6-2-4-8-22(18)36/h1-14H. The minimum atomic E-state index is -3.98. The van der Waals surface area contributed by atoms with Crippen molar-refractivity contribution in [3.8, 4) is 27.9 Å². The predicted molar refractivity (Wildman–Crippen MR) is 137 cm³/mol. The smallest absolute Gasteiger partial charge is 0.207 e. The third-order valence-electron chi connectivity index (χ3n) is 7.15. The van der Waals surface area contributed by atoms with E-state index in [1.165, 1.54) is 6.07 Å². The Bertz CT molecular complexity index is 2070. The van der Waals surface area contributed by atoms with Gasteiger partial charge in [-0.1, -0.05) is 42.5 Å². The quantitative estimate of drug-likeness (QED) is 0.125. The van der Waals surface area contributed by atoms with Crippen molar-refractivity contribution in [2.24, 2.45) is 0 Å². The van der Waals surface area contributed by atoms with Gasteiger partial charge in [0.2, 0.25) is 15.7 Å². The number of fused-ring (bicyclic) bond motifs is 6. The summed E-state index contributed by atoms with van der Waals surface area (Å²) in [5.41, 5.74) is 1.30. The molecule has 9 heteroatoms. The number of hydrogen-bond acceptors (Lipinski definition) is 2. The van der Waals surface area contributed by atoms with Crippen molar-refractivity contribution in [3.05, 3.63) is 114 Å². The molecule has 0 bridgehead atoms. The van der Waals surface area contributed by atoms with Crippen molar-refractivity contribution in [1.82, 2.24) is 4.57 Å². The monoisotopic (exact) mass is 547 g/mol. The molecule has 5 aromatic carbocycles. The highest BCUT2D eigenvalue weighted by Gasteiger charge is 2.35. The van der Waals surface area contributed by atoms with Gasteiger partial charge in [-0.25, -0.2) is 30.4 Å². The van der Waals surface area contributed by atoms with Gasteiger partial charge in [0.15, 0.2) is 23.3 Å². The molecular formula is C30H14F5NO2S. The summed E-state index contributed by atoms with van der Waals surface area (Å²) in [6.45, 7) is 0. The molecule has 2 heterocycles. The van der Waals surface area contributed by atoms with Crippen molar-refractivity contribution in [2.45, 2.75) is 9.79 Å². The largest absolute Gasteiger partial charge is 0.309 e. The Morgan fingerprint density at radius 2 is 1.03 bits per heavy atom. The summed E-state index contributed by atoms with van der Waals surface area (Å²) in [7, 11) is -3.98. The van der Waals surface area contributed by atoms with E-state index >= 15 is 0 Å². The minimum Gasteiger partial charge on any atom is -0.309 e. The van der Waals surface area contributed by atoms with Gasteiger partial charge in [-0.2, -0.15) is 0 Å². The lowest BCUT2D eigenvalue weighted by Crippen LogP contribution is -2.04. The number of aromatic nitrogens is 1. The summed E-state index contributed by atoms with van der Waals surface area (Å²) in [5.74, 6) is -10.4. The molecule has 7 rings (SSSR count). The molecule has 0 spiro atoms. The zero-order chi connectivity index (χ0) is 27.2. The number of benzene rings is 5. The van der Waals surface area contributed by atoms with Crippen LogP contribution >= 0.6 is 0 Å². The summed E-state index contributed by atoms with van der Waals surface area (Å²) in [6.07, 6.45) is 0. The van der Waals surface area contributed by atoms with E-state index in [0.717, 1.165) is 40.0 Å². The molecule has 1 aromatic heterocycles. The van der Waals surface area contributed by atoms with E-state index in [4.69, 9.17) is 0 Å². The zero-order valence-corrected chi connectivity index (χ0v) is 20.5. The van der Waals surface area contributed by atoms with E-state index in [1.54, 1.807) is 12.1 Å². The van der Waals surface area contributed by atoms with Crippen LogP contribution in [-0.4, -0.2) is 13.0 Å². The molecule has 192 valence electrons. The molecule has 3 nitrogen and oxygen atoms in total. The molecule has 0 saturated heterocycles. The fraction of sp³-hybridized carbons (Fsp3) is 0. The Hall–Kier alpha value is -4.50. The van der Waals surface area contributed by atoms with Gasteiger partial charge < -0.3 is 4.57 Å². The van der Waals surface area contributed by atoms with Gasteiger partial charge in [0.1, 0.15) is 0 Å². The van der Waals surface area contributed by atoms with Gasteiger partial charge in [0.25, 0.3) is 0 Å². The molecule has 0 fully saturated rings. The summed E-state index contributed by atoms with van der Waals surface area (Å²) < 4.78 is 99.3. The fourth-order valence-electron chi connectivity index (χ4n) is 5.41. The van der Waals surface area contributed by atoms with E-state index < -0.39 is 44.5 Å². The SMILES string of the molecule is O=S1(=O)c2ccc(-c3c(F)c(F)c(F)c(F)c3F)cc2-c2cc(-n3c4ccccc4c4ccccc43)ccc21. The number of halogens is 5. The van der Waals surface area contributed by atoms with Crippen LogP contribution in [0.25, 0.3) is 49.7 Å². The highest BCUT2D eigenvalue weighted by Crippen LogP contribution is 2.47. The Morgan fingerprint density at radius 1 is 0.538 bits per heavy atom. The minimum absolute atomic E-state index is 0.0171. The number of hydrogen-bond donors (Lipinski definition) is 0. The molecular weight excluding hydrogens is 533 g/mol. The number of para-hydroxylation sites is 2. The van der Waals surface area contributed by atoms with E-state index in [0.29, 0.717) is 5.69 Å². The maximum absolute atomic E-state index is 14.6. The molecule has 1 aliphatic heterocycles. The fourth-order valence-corrected chi connectivity index (χ4v) is 7.06. The van der Waals surface area contributed by atoms with Crippen LogP contribution in [-0.2, 0) is 9.84 Å². The molecule has 0 atom stereocenters. The maximum atomic E-state index is 14.6. The molecule has 6 aromatic rings. The lowest BCUT2D eigenvalue weighted by Gasteiger charge is -2.11. The second kappa shape index (κ2) is 8.00. The second-order valence-corrected chi connectivity index (χ2v) is 11.1. The van der Waals surface area contributed by atoms with E-state index in [1.807, 2.05) is 53.1 Å². The van der Waals surface area contributed by atoms with Crippen LogP contribution in [0.1, 0.15) is 0 Å². The van der Waals surface area contributed by atoms with Gasteiger partial charge in [-0.3, -0.25) is 0 Å².